The molecule has 0 saturated carbocycles. The van der Waals surface area contributed by atoms with Crippen molar-refractivity contribution in [2.75, 3.05) is 5.09 Å². The standard InChI is InChI=1S/C12H12NO3P/c14-11-8-6-10(7-9-11)13-17(15,16)12-4-2-1-3-5-12/h1-9,14H,(H2,13,15,16). The van der Waals surface area contributed by atoms with Crippen LogP contribution in [0.15, 0.2) is 54.6 Å². The predicted octanol–water partition coefficient (Wildman–Crippen LogP) is 2.31. The highest BCUT2D eigenvalue weighted by molar-refractivity contribution is 7.67. The van der Waals surface area contributed by atoms with Crippen molar-refractivity contribution in [3.05, 3.63) is 54.6 Å². The summed E-state index contributed by atoms with van der Waals surface area (Å²) >= 11 is 0. The topological polar surface area (TPSA) is 69.6 Å². The van der Waals surface area contributed by atoms with Crippen LogP contribution < -0.4 is 10.4 Å². The van der Waals surface area contributed by atoms with Crippen LogP contribution in [0.2, 0.25) is 0 Å². The van der Waals surface area contributed by atoms with E-state index in [-0.39, 0.29) is 5.75 Å². The first-order valence-electron chi connectivity index (χ1n) is 5.04. The molecule has 0 spiro atoms. The van der Waals surface area contributed by atoms with E-state index in [1.807, 2.05) is 0 Å². The summed E-state index contributed by atoms with van der Waals surface area (Å²) in [4.78, 5) is 9.89. The van der Waals surface area contributed by atoms with Crippen LogP contribution in [-0.4, -0.2) is 10.00 Å². The third-order valence-corrected chi connectivity index (χ3v) is 3.81. The van der Waals surface area contributed by atoms with Crippen LogP contribution in [0.5, 0.6) is 5.75 Å². The van der Waals surface area contributed by atoms with Gasteiger partial charge in [0.05, 0.1) is 5.30 Å². The van der Waals surface area contributed by atoms with Gasteiger partial charge in [-0.15, -0.1) is 0 Å². The largest absolute Gasteiger partial charge is 0.508 e. The van der Waals surface area contributed by atoms with Gasteiger partial charge in [0.1, 0.15) is 5.75 Å². The number of benzene rings is 2. The van der Waals surface area contributed by atoms with E-state index < -0.39 is 7.52 Å². The van der Waals surface area contributed by atoms with Gasteiger partial charge in [0, 0.05) is 5.69 Å². The third kappa shape index (κ3) is 2.87. The maximum absolute atomic E-state index is 12.1. The fourth-order valence-corrected chi connectivity index (χ4v) is 2.61. The second-order valence-corrected chi connectivity index (χ2v) is 5.46. The Bertz CT molecular complexity index is 539. The zero-order valence-electron chi connectivity index (χ0n) is 8.95. The average molecular weight is 249 g/mol. The van der Waals surface area contributed by atoms with Gasteiger partial charge in [-0.1, -0.05) is 18.2 Å². The summed E-state index contributed by atoms with van der Waals surface area (Å²) in [5.41, 5.74) is 0.484. The molecule has 88 valence electrons. The van der Waals surface area contributed by atoms with Gasteiger partial charge in [-0.2, -0.15) is 0 Å². The SMILES string of the molecule is O=P(O)(Nc1ccc(O)cc1)c1ccccc1. The minimum atomic E-state index is -3.61. The van der Waals surface area contributed by atoms with Crippen molar-refractivity contribution in [1.82, 2.24) is 0 Å². The highest BCUT2D eigenvalue weighted by atomic mass is 31.2. The van der Waals surface area contributed by atoms with Crippen molar-refractivity contribution >= 4 is 18.5 Å². The van der Waals surface area contributed by atoms with Gasteiger partial charge in [0.15, 0.2) is 0 Å². The Morgan fingerprint density at radius 3 is 2.12 bits per heavy atom. The smallest absolute Gasteiger partial charge is 0.321 e. The Kier molecular flexibility index (Phi) is 3.18. The molecule has 1 atom stereocenters. The number of hydrogen-bond acceptors (Lipinski definition) is 2. The fraction of sp³-hybridized carbons (Fsp3) is 0. The Morgan fingerprint density at radius 2 is 1.53 bits per heavy atom. The van der Waals surface area contributed by atoms with Crippen molar-refractivity contribution < 1.29 is 14.6 Å². The lowest BCUT2D eigenvalue weighted by Gasteiger charge is -2.14. The zero-order valence-corrected chi connectivity index (χ0v) is 9.84. The first-order chi connectivity index (χ1) is 8.08. The summed E-state index contributed by atoms with van der Waals surface area (Å²) in [6, 6.07) is 14.4. The Hall–Kier alpha value is -1.77. The van der Waals surface area contributed by atoms with E-state index in [1.54, 1.807) is 42.5 Å². The molecule has 2 aromatic rings. The van der Waals surface area contributed by atoms with Crippen LogP contribution >= 0.6 is 7.52 Å². The molecule has 4 nitrogen and oxygen atoms in total. The first kappa shape index (κ1) is 11.7. The van der Waals surface area contributed by atoms with E-state index in [9.17, 15) is 9.46 Å². The van der Waals surface area contributed by atoms with Crippen LogP contribution in [0, 0.1) is 0 Å². The monoisotopic (exact) mass is 249 g/mol. The van der Waals surface area contributed by atoms with E-state index in [0.717, 1.165) is 0 Å². The fourth-order valence-electron chi connectivity index (χ4n) is 1.41. The minimum absolute atomic E-state index is 0.114. The van der Waals surface area contributed by atoms with Gasteiger partial charge in [0.25, 0.3) is 0 Å². The van der Waals surface area contributed by atoms with Gasteiger partial charge in [-0.05, 0) is 36.4 Å². The summed E-state index contributed by atoms with van der Waals surface area (Å²) in [5.74, 6) is 0.114. The lowest BCUT2D eigenvalue weighted by atomic mass is 10.3. The molecule has 0 amide bonds. The van der Waals surface area contributed by atoms with Crippen LogP contribution in [0.25, 0.3) is 0 Å². The molecule has 0 aromatic heterocycles. The second kappa shape index (κ2) is 4.62. The second-order valence-electron chi connectivity index (χ2n) is 3.57. The summed E-state index contributed by atoms with van der Waals surface area (Å²) in [7, 11) is -3.61. The number of hydrogen-bond donors (Lipinski definition) is 3. The van der Waals surface area contributed by atoms with Crippen LogP contribution in [0.1, 0.15) is 0 Å². The lowest BCUT2D eigenvalue weighted by molar-refractivity contribution is 0.475. The molecular weight excluding hydrogens is 237 g/mol. The molecule has 0 heterocycles. The molecule has 5 heteroatoms. The summed E-state index contributed by atoms with van der Waals surface area (Å²) in [6.07, 6.45) is 0. The molecule has 0 fully saturated rings. The average Bonchev–Trinajstić information content (AvgIpc) is 2.33. The number of anilines is 1. The van der Waals surface area contributed by atoms with Gasteiger partial charge < -0.3 is 15.1 Å². The van der Waals surface area contributed by atoms with E-state index in [2.05, 4.69) is 5.09 Å². The van der Waals surface area contributed by atoms with Crippen molar-refractivity contribution in [3.63, 3.8) is 0 Å². The van der Waals surface area contributed by atoms with Crippen molar-refractivity contribution in [2.45, 2.75) is 0 Å². The van der Waals surface area contributed by atoms with Gasteiger partial charge in [-0.3, -0.25) is 4.57 Å². The first-order valence-corrected chi connectivity index (χ1v) is 6.70. The maximum Gasteiger partial charge on any atom is 0.321 e. The molecule has 2 rings (SSSR count). The van der Waals surface area contributed by atoms with Crippen LogP contribution in [-0.2, 0) is 4.57 Å². The van der Waals surface area contributed by atoms with Gasteiger partial charge >= 0.3 is 7.52 Å². The van der Waals surface area contributed by atoms with Crippen LogP contribution in [0.4, 0.5) is 5.69 Å². The normalized spacial score (nSPS) is 13.9. The van der Waals surface area contributed by atoms with Crippen LogP contribution in [0.3, 0.4) is 0 Å². The minimum Gasteiger partial charge on any atom is -0.508 e. The van der Waals surface area contributed by atoms with Crippen molar-refractivity contribution in [1.29, 1.82) is 0 Å². The number of phenols is 1. The van der Waals surface area contributed by atoms with Crippen molar-refractivity contribution in [2.24, 2.45) is 0 Å². The van der Waals surface area contributed by atoms with E-state index in [4.69, 9.17) is 5.11 Å². The summed E-state index contributed by atoms with van der Waals surface area (Å²) < 4.78 is 12.1. The summed E-state index contributed by atoms with van der Waals surface area (Å²) in [5, 5.41) is 12.0. The summed E-state index contributed by atoms with van der Waals surface area (Å²) in [6.45, 7) is 0. The highest BCUT2D eigenvalue weighted by Crippen LogP contribution is 2.39. The molecule has 0 aliphatic heterocycles. The van der Waals surface area contributed by atoms with Gasteiger partial charge in [0.2, 0.25) is 0 Å². The number of phenolic OH excluding ortho intramolecular Hbond substituents is 1. The molecule has 0 aliphatic rings. The molecular formula is C12H12NO3P. The third-order valence-electron chi connectivity index (χ3n) is 2.25. The Morgan fingerprint density at radius 1 is 0.941 bits per heavy atom. The van der Waals surface area contributed by atoms with E-state index in [0.29, 0.717) is 11.0 Å². The maximum atomic E-state index is 12.1. The quantitative estimate of drug-likeness (QED) is 0.576. The molecule has 3 N–H and O–H groups in total. The Labute approximate surface area is 99.1 Å². The Balaban J connectivity index is 2.23. The van der Waals surface area contributed by atoms with Crippen molar-refractivity contribution in [3.8, 4) is 5.75 Å². The number of rotatable bonds is 3. The number of nitrogens with one attached hydrogen (secondary N) is 1. The molecule has 0 bridgehead atoms. The highest BCUT2D eigenvalue weighted by Gasteiger charge is 2.20. The molecule has 0 radical (unpaired) electrons. The van der Waals surface area contributed by atoms with E-state index in [1.165, 1.54) is 12.1 Å². The molecule has 17 heavy (non-hydrogen) atoms. The lowest BCUT2D eigenvalue weighted by Crippen LogP contribution is -2.10. The van der Waals surface area contributed by atoms with Gasteiger partial charge in [-0.25, -0.2) is 0 Å². The molecule has 1 unspecified atom stereocenters. The zero-order chi connectivity index (χ0) is 12.3. The molecule has 0 saturated heterocycles. The molecule has 2 aromatic carbocycles. The molecule has 0 aliphatic carbocycles. The number of aromatic hydroxyl groups is 1. The van der Waals surface area contributed by atoms with E-state index >= 15 is 0 Å². The predicted molar refractivity (Wildman–Crippen MR) is 67.6 cm³/mol.